The Labute approximate surface area is 262 Å². The highest BCUT2D eigenvalue weighted by Crippen LogP contribution is 2.15. The summed E-state index contributed by atoms with van der Waals surface area (Å²) in [6, 6.07) is 0. The molecule has 42 heavy (non-hydrogen) atoms. The fourth-order valence-corrected chi connectivity index (χ4v) is 5.63. The molecule has 0 saturated heterocycles. The van der Waals surface area contributed by atoms with Crippen LogP contribution in [0.4, 0.5) is 0 Å². The number of ether oxygens (including phenoxy) is 1. The second-order valence-corrected chi connectivity index (χ2v) is 12.7. The quantitative estimate of drug-likeness (QED) is 0.0451. The number of carboxylic acid groups (broad SMARTS) is 1. The number of unbranched alkanes of at least 4 members (excludes halogenated alkanes) is 27. The Hall–Kier alpha value is -1.32. The number of carbonyl (C=O) groups is 2. The van der Waals surface area contributed by atoms with Gasteiger partial charge in [-0.1, -0.05) is 167 Å². The maximum Gasteiger partial charge on any atom is 0.305 e. The van der Waals surface area contributed by atoms with Crippen molar-refractivity contribution < 1.29 is 19.4 Å². The summed E-state index contributed by atoms with van der Waals surface area (Å²) in [5.41, 5.74) is 0. The minimum Gasteiger partial charge on any atom is -0.481 e. The molecular formula is C38H72O4. The molecule has 0 aromatic carbocycles. The Morgan fingerprint density at radius 2 is 0.786 bits per heavy atom. The highest BCUT2D eigenvalue weighted by molar-refractivity contribution is 5.69. The SMILES string of the molecule is CCCCCC/C=C\CCCCCCCCOC(=O)CCCCCCCCCCCCCCCCCCCCC(=O)O. The Kier molecular flexibility index (Phi) is 34.7. The lowest BCUT2D eigenvalue weighted by atomic mass is 10.0. The molecule has 1 N–H and O–H groups in total. The predicted molar refractivity (Wildman–Crippen MR) is 181 cm³/mol. The van der Waals surface area contributed by atoms with Crippen LogP contribution in [-0.2, 0) is 14.3 Å². The molecule has 0 atom stereocenters. The van der Waals surface area contributed by atoms with E-state index in [1.807, 2.05) is 0 Å². The zero-order chi connectivity index (χ0) is 30.6. The molecule has 0 amide bonds. The summed E-state index contributed by atoms with van der Waals surface area (Å²) >= 11 is 0. The monoisotopic (exact) mass is 593 g/mol. The smallest absolute Gasteiger partial charge is 0.305 e. The maximum atomic E-state index is 11.9. The van der Waals surface area contributed by atoms with Crippen LogP contribution in [0.15, 0.2) is 12.2 Å². The fraction of sp³-hybridized carbons (Fsp3) is 0.895. The summed E-state index contributed by atoms with van der Waals surface area (Å²) in [4.78, 5) is 22.4. The summed E-state index contributed by atoms with van der Waals surface area (Å²) in [7, 11) is 0. The Balaban J connectivity index is 3.18. The van der Waals surface area contributed by atoms with E-state index in [4.69, 9.17) is 9.84 Å². The van der Waals surface area contributed by atoms with Crippen LogP contribution in [0.2, 0.25) is 0 Å². The van der Waals surface area contributed by atoms with E-state index in [1.54, 1.807) is 0 Å². The number of allylic oxidation sites excluding steroid dienone is 2. The van der Waals surface area contributed by atoms with Crippen LogP contribution in [0.3, 0.4) is 0 Å². The van der Waals surface area contributed by atoms with Crippen molar-refractivity contribution in [1.82, 2.24) is 0 Å². The molecule has 0 aliphatic heterocycles. The van der Waals surface area contributed by atoms with Gasteiger partial charge >= 0.3 is 11.9 Å². The highest BCUT2D eigenvalue weighted by Gasteiger charge is 2.03. The Bertz CT molecular complexity index is 586. The summed E-state index contributed by atoms with van der Waals surface area (Å²) < 4.78 is 5.43. The lowest BCUT2D eigenvalue weighted by Gasteiger charge is -2.05. The number of hydrogen-bond acceptors (Lipinski definition) is 3. The fourth-order valence-electron chi connectivity index (χ4n) is 5.63. The first-order chi connectivity index (χ1) is 20.7. The molecule has 4 heteroatoms. The zero-order valence-corrected chi connectivity index (χ0v) is 28.2. The molecule has 4 nitrogen and oxygen atoms in total. The third-order valence-electron chi connectivity index (χ3n) is 8.44. The molecule has 0 rings (SSSR count). The van der Waals surface area contributed by atoms with Gasteiger partial charge in [0.25, 0.3) is 0 Å². The van der Waals surface area contributed by atoms with Crippen LogP contribution in [-0.4, -0.2) is 23.7 Å². The molecule has 0 heterocycles. The van der Waals surface area contributed by atoms with Gasteiger partial charge in [-0.05, 0) is 44.9 Å². The number of rotatable bonds is 35. The lowest BCUT2D eigenvalue weighted by molar-refractivity contribution is -0.144. The van der Waals surface area contributed by atoms with Crippen LogP contribution < -0.4 is 0 Å². The Morgan fingerprint density at radius 3 is 1.19 bits per heavy atom. The summed E-state index contributed by atoms with van der Waals surface area (Å²) in [6.07, 6.45) is 43.6. The normalized spacial score (nSPS) is 11.5. The summed E-state index contributed by atoms with van der Waals surface area (Å²) in [5.74, 6) is -0.658. The summed E-state index contributed by atoms with van der Waals surface area (Å²) in [6.45, 7) is 2.87. The molecule has 0 aromatic heterocycles. The van der Waals surface area contributed by atoms with Gasteiger partial charge in [-0.15, -0.1) is 0 Å². The second kappa shape index (κ2) is 35.9. The first-order valence-electron chi connectivity index (χ1n) is 18.7. The van der Waals surface area contributed by atoms with Crippen molar-refractivity contribution in [2.75, 3.05) is 6.61 Å². The van der Waals surface area contributed by atoms with E-state index in [2.05, 4.69) is 19.1 Å². The second-order valence-electron chi connectivity index (χ2n) is 12.7. The lowest BCUT2D eigenvalue weighted by Crippen LogP contribution is -2.05. The van der Waals surface area contributed by atoms with Gasteiger partial charge in [0, 0.05) is 12.8 Å². The van der Waals surface area contributed by atoms with Gasteiger partial charge in [0.2, 0.25) is 0 Å². The molecule has 0 aliphatic rings. The largest absolute Gasteiger partial charge is 0.481 e. The molecule has 0 aromatic rings. The molecule has 0 radical (unpaired) electrons. The zero-order valence-electron chi connectivity index (χ0n) is 28.2. The molecule has 0 spiro atoms. The topological polar surface area (TPSA) is 63.6 Å². The van der Waals surface area contributed by atoms with E-state index in [9.17, 15) is 9.59 Å². The van der Waals surface area contributed by atoms with E-state index < -0.39 is 5.97 Å². The third-order valence-corrected chi connectivity index (χ3v) is 8.44. The summed E-state index contributed by atoms with van der Waals surface area (Å²) in [5, 5.41) is 8.63. The van der Waals surface area contributed by atoms with Gasteiger partial charge in [-0.25, -0.2) is 0 Å². The predicted octanol–water partition coefficient (Wildman–Crippen LogP) is 12.7. The van der Waals surface area contributed by atoms with Crippen LogP contribution in [0.5, 0.6) is 0 Å². The molecule has 0 unspecified atom stereocenters. The highest BCUT2D eigenvalue weighted by atomic mass is 16.5. The molecule has 0 aliphatic carbocycles. The average Bonchev–Trinajstić information content (AvgIpc) is 2.98. The average molecular weight is 593 g/mol. The molecule has 0 fully saturated rings. The van der Waals surface area contributed by atoms with Crippen LogP contribution in [0, 0.1) is 0 Å². The van der Waals surface area contributed by atoms with Crippen LogP contribution >= 0.6 is 0 Å². The van der Waals surface area contributed by atoms with Gasteiger partial charge < -0.3 is 9.84 Å². The van der Waals surface area contributed by atoms with Crippen molar-refractivity contribution in [3.8, 4) is 0 Å². The first-order valence-corrected chi connectivity index (χ1v) is 18.7. The minimum absolute atomic E-state index is 0.00413. The van der Waals surface area contributed by atoms with Crippen molar-refractivity contribution in [1.29, 1.82) is 0 Å². The molecule has 248 valence electrons. The van der Waals surface area contributed by atoms with E-state index >= 15 is 0 Å². The van der Waals surface area contributed by atoms with Gasteiger partial charge in [0.1, 0.15) is 0 Å². The third kappa shape index (κ3) is 36.7. The maximum absolute atomic E-state index is 11.9. The first kappa shape index (κ1) is 40.7. The number of carboxylic acids is 1. The molecule has 0 saturated carbocycles. The van der Waals surface area contributed by atoms with Gasteiger partial charge in [-0.3, -0.25) is 9.59 Å². The van der Waals surface area contributed by atoms with E-state index in [-0.39, 0.29) is 5.97 Å². The number of carbonyl (C=O) groups excluding carboxylic acids is 1. The van der Waals surface area contributed by atoms with Gasteiger partial charge in [0.05, 0.1) is 6.61 Å². The molecule has 0 bridgehead atoms. The van der Waals surface area contributed by atoms with E-state index in [1.165, 1.54) is 161 Å². The van der Waals surface area contributed by atoms with Crippen molar-refractivity contribution in [2.24, 2.45) is 0 Å². The van der Waals surface area contributed by atoms with Crippen LogP contribution in [0.1, 0.15) is 212 Å². The number of hydrogen-bond donors (Lipinski definition) is 1. The van der Waals surface area contributed by atoms with E-state index in [0.717, 1.165) is 32.1 Å². The van der Waals surface area contributed by atoms with E-state index in [0.29, 0.717) is 19.4 Å². The van der Waals surface area contributed by atoms with Crippen LogP contribution in [0.25, 0.3) is 0 Å². The van der Waals surface area contributed by atoms with Crippen molar-refractivity contribution in [3.63, 3.8) is 0 Å². The van der Waals surface area contributed by atoms with Gasteiger partial charge in [-0.2, -0.15) is 0 Å². The van der Waals surface area contributed by atoms with Gasteiger partial charge in [0.15, 0.2) is 0 Å². The van der Waals surface area contributed by atoms with Crippen molar-refractivity contribution in [2.45, 2.75) is 212 Å². The molecular weight excluding hydrogens is 520 g/mol. The number of esters is 1. The van der Waals surface area contributed by atoms with Crippen molar-refractivity contribution in [3.05, 3.63) is 12.2 Å². The number of aliphatic carboxylic acids is 1. The van der Waals surface area contributed by atoms with Crippen molar-refractivity contribution >= 4 is 11.9 Å². The Morgan fingerprint density at radius 1 is 0.452 bits per heavy atom. The minimum atomic E-state index is -0.662. The standard InChI is InChI=1S/C38H72O4/c1-2-3-4-5-6-7-8-9-18-21-24-27-30-33-36-42-38(41)35-32-29-26-23-20-17-15-13-11-10-12-14-16-19-22-25-28-31-34-37(39)40/h7-8H,2-6,9-36H2,1H3,(H,39,40)/b8-7-.